The Morgan fingerprint density at radius 2 is 1.95 bits per heavy atom. The first-order valence-electron chi connectivity index (χ1n) is 11.5. The van der Waals surface area contributed by atoms with Crippen LogP contribution in [-0.4, -0.2) is 16.8 Å². The standard InChI is InChI=1S/C27H20ClF2N3O4S2/c1-12-4-3-5-16(28)22(12)36-11-14-7-8-18(37-14)26(35)33-21-20-15(19-9-6-13(2)38-19)10-17(24(29)30)32-27(20)39-23(21)25(31)34/h3-10,24H,11H2,1-2H3,(H2,31,34)(H,33,35). The van der Waals surface area contributed by atoms with E-state index in [2.05, 4.69) is 10.3 Å². The van der Waals surface area contributed by atoms with Crippen LogP contribution >= 0.6 is 34.3 Å². The highest BCUT2D eigenvalue weighted by molar-refractivity contribution is 7.21. The second kappa shape index (κ2) is 10.8. The van der Waals surface area contributed by atoms with Crippen LogP contribution in [0.15, 0.2) is 52.9 Å². The van der Waals surface area contributed by atoms with Crippen LogP contribution in [-0.2, 0) is 6.61 Å². The number of ether oxygens (including phenoxy) is 1. The Balaban J connectivity index is 1.49. The lowest BCUT2D eigenvalue weighted by atomic mass is 10.1. The number of carbonyl (C=O) groups excluding carboxylic acids is 2. The first-order chi connectivity index (χ1) is 18.6. The maximum atomic E-state index is 13.7. The second-order valence-corrected chi connectivity index (χ2v) is 11.2. The molecule has 0 unspecified atom stereocenters. The van der Waals surface area contributed by atoms with Crippen LogP contribution in [0.1, 0.15) is 48.5 Å². The average Bonchev–Trinajstić information content (AvgIpc) is 3.62. The molecule has 0 spiro atoms. The third kappa shape index (κ3) is 5.38. The van der Waals surface area contributed by atoms with Gasteiger partial charge in [0.25, 0.3) is 18.2 Å². The highest BCUT2D eigenvalue weighted by atomic mass is 35.5. The van der Waals surface area contributed by atoms with Crippen molar-refractivity contribution in [3.8, 4) is 16.2 Å². The first-order valence-corrected chi connectivity index (χ1v) is 13.5. The van der Waals surface area contributed by atoms with Crippen molar-refractivity contribution in [3.63, 3.8) is 0 Å². The van der Waals surface area contributed by atoms with E-state index in [0.29, 0.717) is 32.4 Å². The van der Waals surface area contributed by atoms with E-state index in [1.54, 1.807) is 18.2 Å². The van der Waals surface area contributed by atoms with Crippen molar-refractivity contribution in [2.24, 2.45) is 5.73 Å². The van der Waals surface area contributed by atoms with E-state index in [0.717, 1.165) is 21.8 Å². The van der Waals surface area contributed by atoms with E-state index in [1.165, 1.54) is 23.5 Å². The van der Waals surface area contributed by atoms with Crippen LogP contribution < -0.4 is 15.8 Å². The summed E-state index contributed by atoms with van der Waals surface area (Å²) >= 11 is 8.43. The summed E-state index contributed by atoms with van der Waals surface area (Å²) in [6, 6.07) is 13.3. The number of carbonyl (C=O) groups is 2. The number of benzene rings is 1. The number of primary amides is 1. The zero-order valence-electron chi connectivity index (χ0n) is 20.5. The highest BCUT2D eigenvalue weighted by Crippen LogP contribution is 2.44. The number of pyridine rings is 1. The average molecular weight is 588 g/mol. The Morgan fingerprint density at radius 1 is 1.15 bits per heavy atom. The Hall–Kier alpha value is -3.80. The Bertz CT molecular complexity index is 1710. The van der Waals surface area contributed by atoms with E-state index in [-0.39, 0.29) is 27.8 Å². The maximum absolute atomic E-state index is 13.7. The molecule has 0 saturated heterocycles. The molecule has 0 aliphatic carbocycles. The minimum Gasteiger partial charge on any atom is -0.484 e. The predicted molar refractivity (Wildman–Crippen MR) is 148 cm³/mol. The largest absolute Gasteiger partial charge is 0.484 e. The molecule has 12 heteroatoms. The second-order valence-electron chi connectivity index (χ2n) is 8.55. The Kier molecular flexibility index (Phi) is 7.39. The zero-order valence-corrected chi connectivity index (χ0v) is 22.9. The van der Waals surface area contributed by atoms with Crippen molar-refractivity contribution >= 4 is 62.0 Å². The number of hydrogen-bond donors (Lipinski definition) is 2. The van der Waals surface area contributed by atoms with Gasteiger partial charge < -0.3 is 20.2 Å². The highest BCUT2D eigenvalue weighted by Gasteiger charge is 2.26. The summed E-state index contributed by atoms with van der Waals surface area (Å²) in [6.07, 6.45) is -2.83. The maximum Gasteiger partial charge on any atom is 0.291 e. The van der Waals surface area contributed by atoms with Gasteiger partial charge in [0.1, 0.15) is 33.5 Å². The number of furan rings is 1. The van der Waals surface area contributed by atoms with Crippen LogP contribution in [0.4, 0.5) is 14.5 Å². The number of thiophene rings is 2. The number of nitrogens with two attached hydrogens (primary N) is 1. The molecule has 0 saturated carbocycles. The number of anilines is 1. The third-order valence-electron chi connectivity index (χ3n) is 5.78. The minimum absolute atomic E-state index is 0.0175. The van der Waals surface area contributed by atoms with Gasteiger partial charge in [0.2, 0.25) is 0 Å². The van der Waals surface area contributed by atoms with Crippen LogP contribution in [0.5, 0.6) is 5.75 Å². The van der Waals surface area contributed by atoms with Gasteiger partial charge >= 0.3 is 0 Å². The number of aromatic nitrogens is 1. The van der Waals surface area contributed by atoms with E-state index >= 15 is 0 Å². The van der Waals surface area contributed by atoms with Crippen molar-refractivity contribution in [3.05, 3.63) is 86.1 Å². The summed E-state index contributed by atoms with van der Waals surface area (Å²) in [7, 11) is 0. The minimum atomic E-state index is -2.83. The van der Waals surface area contributed by atoms with Gasteiger partial charge in [-0.05, 0) is 55.8 Å². The summed E-state index contributed by atoms with van der Waals surface area (Å²) in [6.45, 7) is 3.76. The Morgan fingerprint density at radius 3 is 2.62 bits per heavy atom. The van der Waals surface area contributed by atoms with Gasteiger partial charge in [0.15, 0.2) is 5.76 Å². The first kappa shape index (κ1) is 26.8. The quantitative estimate of drug-likeness (QED) is 0.193. The van der Waals surface area contributed by atoms with Gasteiger partial charge in [0.05, 0.1) is 10.7 Å². The predicted octanol–water partition coefficient (Wildman–Crippen LogP) is 7.76. The molecule has 7 nitrogen and oxygen atoms in total. The summed E-state index contributed by atoms with van der Waals surface area (Å²) in [5, 5.41) is 3.49. The van der Waals surface area contributed by atoms with E-state index in [4.69, 9.17) is 26.5 Å². The fourth-order valence-corrected chi connectivity index (χ4v) is 6.17. The molecule has 0 atom stereocenters. The Labute approximate surface area is 234 Å². The number of para-hydroxylation sites is 1. The van der Waals surface area contributed by atoms with Crippen LogP contribution in [0.25, 0.3) is 20.7 Å². The number of alkyl halides is 2. The number of rotatable bonds is 8. The monoisotopic (exact) mass is 587 g/mol. The van der Waals surface area contributed by atoms with Gasteiger partial charge in [-0.1, -0.05) is 23.7 Å². The molecule has 0 bridgehead atoms. The SMILES string of the molecule is Cc1ccc(-c2cc(C(F)F)nc3sc(C(N)=O)c(NC(=O)c4ccc(COc5c(C)cccc5Cl)o4)c23)s1. The molecule has 4 heterocycles. The molecule has 0 aliphatic rings. The molecule has 5 rings (SSSR count). The number of amides is 2. The van der Waals surface area contributed by atoms with Crippen LogP contribution in [0.2, 0.25) is 5.02 Å². The van der Waals surface area contributed by atoms with Gasteiger partial charge in [-0.2, -0.15) is 0 Å². The number of hydrogen-bond acceptors (Lipinski definition) is 7. The fourth-order valence-electron chi connectivity index (χ4n) is 3.99. The molecule has 200 valence electrons. The molecule has 0 fully saturated rings. The molecule has 3 N–H and O–H groups in total. The lowest BCUT2D eigenvalue weighted by Crippen LogP contribution is -2.16. The van der Waals surface area contributed by atoms with Crippen LogP contribution in [0, 0.1) is 13.8 Å². The molecule has 1 aromatic carbocycles. The fraction of sp³-hybridized carbons (Fsp3) is 0.148. The van der Waals surface area contributed by atoms with Gasteiger partial charge in [-0.15, -0.1) is 22.7 Å². The molecular formula is C27H20ClF2N3O4S2. The van der Waals surface area contributed by atoms with Crippen molar-refractivity contribution in [1.29, 1.82) is 0 Å². The number of fused-ring (bicyclic) bond motifs is 1. The number of nitrogens with one attached hydrogen (secondary N) is 1. The van der Waals surface area contributed by atoms with Gasteiger partial charge in [0, 0.05) is 20.7 Å². The van der Waals surface area contributed by atoms with Crippen molar-refractivity contribution in [2.45, 2.75) is 26.9 Å². The van der Waals surface area contributed by atoms with Crippen molar-refractivity contribution in [1.82, 2.24) is 4.98 Å². The van der Waals surface area contributed by atoms with Crippen LogP contribution in [0.3, 0.4) is 0 Å². The number of halogens is 3. The van der Waals surface area contributed by atoms with E-state index in [9.17, 15) is 18.4 Å². The van der Waals surface area contributed by atoms with Crippen molar-refractivity contribution < 1.29 is 27.5 Å². The number of nitrogens with zero attached hydrogens (tertiary/aromatic N) is 1. The topological polar surface area (TPSA) is 107 Å². The smallest absolute Gasteiger partial charge is 0.291 e. The molecule has 4 aromatic heterocycles. The third-order valence-corrected chi connectivity index (χ3v) is 8.21. The van der Waals surface area contributed by atoms with E-state index in [1.807, 2.05) is 32.0 Å². The number of aryl methyl sites for hydroxylation is 2. The lowest BCUT2D eigenvalue weighted by Gasteiger charge is -2.10. The molecule has 5 aromatic rings. The summed E-state index contributed by atoms with van der Waals surface area (Å²) in [4.78, 5) is 31.3. The van der Waals surface area contributed by atoms with Gasteiger partial charge in [-0.25, -0.2) is 13.8 Å². The summed E-state index contributed by atoms with van der Waals surface area (Å²) in [5.74, 6) is -0.676. The van der Waals surface area contributed by atoms with Crippen molar-refractivity contribution in [2.75, 3.05) is 5.32 Å². The lowest BCUT2D eigenvalue weighted by molar-refractivity contribution is 0.0992. The molecular weight excluding hydrogens is 568 g/mol. The molecule has 0 radical (unpaired) electrons. The van der Waals surface area contributed by atoms with E-state index < -0.39 is 23.9 Å². The summed E-state index contributed by atoms with van der Waals surface area (Å²) in [5.41, 5.74) is 6.50. The normalized spacial score (nSPS) is 11.3. The molecule has 2 amide bonds. The van der Waals surface area contributed by atoms with Gasteiger partial charge in [-0.3, -0.25) is 9.59 Å². The molecule has 39 heavy (non-hydrogen) atoms. The summed E-state index contributed by atoms with van der Waals surface area (Å²) < 4.78 is 38.8. The molecule has 0 aliphatic heterocycles. The zero-order chi connectivity index (χ0) is 27.8.